The zero-order chi connectivity index (χ0) is 21.9. The Hall–Kier alpha value is -1.64. The molecule has 9 nitrogen and oxygen atoms in total. The third kappa shape index (κ3) is 8.72. The molecule has 0 bridgehead atoms. The van der Waals surface area contributed by atoms with Crippen LogP contribution in [0.2, 0.25) is 0 Å². The molecule has 1 unspecified atom stereocenters. The summed E-state index contributed by atoms with van der Waals surface area (Å²) in [5.41, 5.74) is 0.376. The number of amides is 2. The first kappa shape index (κ1) is 25.4. The van der Waals surface area contributed by atoms with Gasteiger partial charge in [0, 0.05) is 0 Å². The van der Waals surface area contributed by atoms with E-state index in [9.17, 15) is 17.4 Å². The molecule has 1 aromatic rings. The van der Waals surface area contributed by atoms with Crippen LogP contribution in [-0.2, 0) is 21.9 Å². The van der Waals surface area contributed by atoms with Gasteiger partial charge in [0.05, 0.1) is 0 Å². The topological polar surface area (TPSA) is 125 Å². The fourth-order valence-corrected chi connectivity index (χ4v) is 4.52. The minimum atomic E-state index is -5.25. The van der Waals surface area contributed by atoms with E-state index in [0.717, 1.165) is 24.2 Å². The van der Waals surface area contributed by atoms with Crippen LogP contribution in [0.1, 0.15) is 52.4 Å². The van der Waals surface area contributed by atoms with Gasteiger partial charge in [0.1, 0.15) is 0 Å². The van der Waals surface area contributed by atoms with E-state index in [1.165, 1.54) is 51.4 Å². The summed E-state index contributed by atoms with van der Waals surface area (Å²) >= 11 is -5.25. The third-order valence-corrected chi connectivity index (χ3v) is 6.85. The Balaban J connectivity index is 2.76. The van der Waals surface area contributed by atoms with Crippen molar-refractivity contribution < 1.29 is 31.3 Å². The number of ether oxygens (including phenoxy) is 1. The second-order valence-electron chi connectivity index (χ2n) is 6.76. The number of nitrogens with one attached hydrogen (secondary N) is 1. The van der Waals surface area contributed by atoms with E-state index in [1.807, 2.05) is 0 Å². The van der Waals surface area contributed by atoms with Crippen molar-refractivity contribution >= 4 is 41.7 Å². The molecule has 29 heavy (non-hydrogen) atoms. The monoisotopic (exact) mass is 474 g/mol. The molecule has 0 aromatic heterocycles. The first-order valence-electron chi connectivity index (χ1n) is 9.65. The molecule has 0 radical (unpaired) electrons. The van der Waals surface area contributed by atoms with Crippen LogP contribution in [0.3, 0.4) is 0 Å². The Morgan fingerprint density at radius 2 is 1.83 bits per heavy atom. The number of rotatable bonds is 13. The molecular formula is C19H31AsN2O7. The van der Waals surface area contributed by atoms with Crippen LogP contribution in [-0.4, -0.2) is 55.6 Å². The van der Waals surface area contributed by atoms with Gasteiger partial charge in [-0.15, -0.1) is 0 Å². The van der Waals surface area contributed by atoms with Gasteiger partial charge in [-0.1, -0.05) is 13.3 Å². The average Bonchev–Trinajstić information content (AvgIpc) is 2.68. The standard InChI is InChI=1S/C19H31AsN2O7/c1-4-5-6-7-8-9-12-28-14-19(24)22(3)18-13-16(21-15(2)23)10-11-17(18)20(25,26)29-27/h10-11,13,27H,4-9,12,14H2,1-3H3,(H,21,23)(H,25,26). The number of likely N-dealkylation sites (N-methyl/N-ethyl adjacent to an activating group) is 1. The van der Waals surface area contributed by atoms with Crippen LogP contribution >= 0.6 is 0 Å². The normalized spacial score (nSPS) is 13.0. The van der Waals surface area contributed by atoms with Crippen molar-refractivity contribution in [3.8, 4) is 0 Å². The maximum atomic E-state index is 12.5. The summed E-state index contributed by atoms with van der Waals surface area (Å²) < 4.78 is 31.1. The fourth-order valence-electron chi connectivity index (χ4n) is 2.73. The van der Waals surface area contributed by atoms with Crippen molar-refractivity contribution in [2.75, 3.05) is 30.5 Å². The molecule has 1 aromatic carbocycles. The summed E-state index contributed by atoms with van der Waals surface area (Å²) in [7, 11) is 1.42. The predicted molar refractivity (Wildman–Crippen MR) is 110 cm³/mol. The van der Waals surface area contributed by atoms with Crippen molar-refractivity contribution in [3.63, 3.8) is 0 Å². The Morgan fingerprint density at radius 1 is 1.17 bits per heavy atom. The zero-order valence-electron chi connectivity index (χ0n) is 17.2. The van der Waals surface area contributed by atoms with Gasteiger partial charge in [-0.05, 0) is 0 Å². The molecule has 1 rings (SSSR count). The number of nitrogens with zero attached hydrogens (tertiary/aromatic N) is 1. The van der Waals surface area contributed by atoms with E-state index in [4.69, 9.17) is 9.99 Å². The van der Waals surface area contributed by atoms with Crippen LogP contribution in [0.15, 0.2) is 18.2 Å². The van der Waals surface area contributed by atoms with Gasteiger partial charge in [-0.3, -0.25) is 0 Å². The Labute approximate surface area is 174 Å². The number of unbranched alkanes of at least 4 members (excludes halogenated alkanes) is 5. The summed E-state index contributed by atoms with van der Waals surface area (Å²) in [6.07, 6.45) is 6.64. The molecule has 0 fully saturated rings. The van der Waals surface area contributed by atoms with Gasteiger partial charge in [-0.2, -0.15) is 0 Å². The van der Waals surface area contributed by atoms with E-state index in [0.29, 0.717) is 12.3 Å². The third-order valence-electron chi connectivity index (χ3n) is 4.31. The molecule has 0 saturated heterocycles. The van der Waals surface area contributed by atoms with E-state index < -0.39 is 20.1 Å². The van der Waals surface area contributed by atoms with Crippen LogP contribution in [0.5, 0.6) is 0 Å². The molecule has 0 aliphatic carbocycles. The SMILES string of the molecule is CCCCCCCCOCC(=O)N(C)c1cc(NC(C)=O)ccc1[As](=O)(O)OO. The number of carbonyl (C=O) groups excluding carboxylic acids is 2. The molecule has 0 aliphatic rings. The minimum absolute atomic E-state index is 0.0449. The van der Waals surface area contributed by atoms with Gasteiger partial charge in [-0.25, -0.2) is 0 Å². The molecule has 164 valence electrons. The summed E-state index contributed by atoms with van der Waals surface area (Å²) in [4.78, 5) is 24.9. The van der Waals surface area contributed by atoms with E-state index in [-0.39, 0.29) is 22.6 Å². The van der Waals surface area contributed by atoms with Gasteiger partial charge >= 0.3 is 161 Å². The summed E-state index contributed by atoms with van der Waals surface area (Å²) in [6.45, 7) is 3.73. The second-order valence-corrected chi connectivity index (χ2v) is 10.3. The van der Waals surface area contributed by atoms with Crippen molar-refractivity contribution in [2.45, 2.75) is 52.4 Å². The van der Waals surface area contributed by atoms with Crippen molar-refractivity contribution in [1.29, 1.82) is 0 Å². The number of anilines is 2. The Bertz CT molecular complexity index is 727. The van der Waals surface area contributed by atoms with Crippen LogP contribution in [0.25, 0.3) is 0 Å². The Morgan fingerprint density at radius 3 is 2.45 bits per heavy atom. The van der Waals surface area contributed by atoms with Crippen LogP contribution < -0.4 is 14.6 Å². The van der Waals surface area contributed by atoms with E-state index >= 15 is 0 Å². The van der Waals surface area contributed by atoms with Crippen LogP contribution in [0.4, 0.5) is 11.4 Å². The summed E-state index contributed by atoms with van der Waals surface area (Å²) in [6, 6.07) is 3.99. The average molecular weight is 474 g/mol. The van der Waals surface area contributed by atoms with E-state index in [2.05, 4.69) is 16.1 Å². The zero-order valence-corrected chi connectivity index (χ0v) is 19.1. The quantitative estimate of drug-likeness (QED) is 0.173. The molecular weight excluding hydrogens is 443 g/mol. The van der Waals surface area contributed by atoms with Gasteiger partial charge in [0.25, 0.3) is 0 Å². The number of carbonyl (C=O) groups is 2. The van der Waals surface area contributed by atoms with Gasteiger partial charge < -0.3 is 0 Å². The van der Waals surface area contributed by atoms with Crippen molar-refractivity contribution in [2.24, 2.45) is 0 Å². The van der Waals surface area contributed by atoms with Gasteiger partial charge in [0.2, 0.25) is 0 Å². The number of hydrogen-bond donors (Lipinski definition) is 3. The Kier molecular flexibility index (Phi) is 11.2. The molecule has 0 heterocycles. The predicted octanol–water partition coefficient (Wildman–Crippen LogP) is 2.04. The van der Waals surface area contributed by atoms with Crippen molar-refractivity contribution in [1.82, 2.24) is 0 Å². The molecule has 10 heteroatoms. The molecule has 0 spiro atoms. The number of hydrogen-bond acceptors (Lipinski definition) is 6. The first-order valence-corrected chi connectivity index (χ1v) is 13.0. The summed E-state index contributed by atoms with van der Waals surface area (Å²) in [5.74, 6) is -0.776. The van der Waals surface area contributed by atoms with Crippen LogP contribution in [0, 0.1) is 0 Å². The first-order chi connectivity index (χ1) is 13.7. The second kappa shape index (κ2) is 12.8. The van der Waals surface area contributed by atoms with Crippen molar-refractivity contribution in [3.05, 3.63) is 18.2 Å². The molecule has 3 N–H and O–H groups in total. The van der Waals surface area contributed by atoms with E-state index in [1.54, 1.807) is 0 Å². The maximum absolute atomic E-state index is 12.5. The summed E-state index contributed by atoms with van der Waals surface area (Å²) in [5, 5.41) is 11.3. The fraction of sp³-hybridized carbons (Fsp3) is 0.579. The van der Waals surface area contributed by atoms with Gasteiger partial charge in [0.15, 0.2) is 0 Å². The molecule has 2 amide bonds. The molecule has 0 aliphatic heterocycles. The number of benzene rings is 1. The molecule has 0 saturated carbocycles. The molecule has 1 atom stereocenters.